The Bertz CT molecular complexity index is 1770. The number of carbonyl (C=O) groups is 2. The van der Waals surface area contributed by atoms with Crippen LogP contribution in [0.2, 0.25) is 0 Å². The van der Waals surface area contributed by atoms with Gasteiger partial charge < -0.3 is 18.6 Å². The third-order valence-corrected chi connectivity index (χ3v) is 7.07. The molecule has 11 heteroatoms. The van der Waals surface area contributed by atoms with Crippen LogP contribution in [0.3, 0.4) is 0 Å². The molecule has 9 nitrogen and oxygen atoms in total. The highest BCUT2D eigenvalue weighted by Crippen LogP contribution is 2.31. The SMILES string of the molecule is COCCOC(=O)C1=C(C)N=c2s/c(=C\c3ccccc3F)c(=O)n2[C@H]1c1ccc(OC(=O)c2ccco2)cc1. The van der Waals surface area contributed by atoms with Crippen LogP contribution in [-0.2, 0) is 14.3 Å². The number of furan rings is 1. The van der Waals surface area contributed by atoms with Crippen molar-refractivity contribution in [2.75, 3.05) is 20.3 Å². The predicted octanol–water partition coefficient (Wildman–Crippen LogP) is 3.38. The number of halogens is 1. The van der Waals surface area contributed by atoms with E-state index in [-0.39, 0.29) is 40.4 Å². The van der Waals surface area contributed by atoms with Gasteiger partial charge in [0.05, 0.1) is 34.7 Å². The Kier molecular flexibility index (Phi) is 7.85. The Morgan fingerprint density at radius 2 is 1.85 bits per heavy atom. The molecule has 0 saturated heterocycles. The highest BCUT2D eigenvalue weighted by Gasteiger charge is 2.33. The number of nitrogens with zero attached hydrogens (tertiary/aromatic N) is 2. The van der Waals surface area contributed by atoms with Crippen molar-refractivity contribution >= 4 is 29.4 Å². The lowest BCUT2D eigenvalue weighted by molar-refractivity contribution is -0.140. The quantitative estimate of drug-likeness (QED) is 0.184. The first-order valence-corrected chi connectivity index (χ1v) is 13.0. The van der Waals surface area contributed by atoms with Crippen molar-refractivity contribution in [2.45, 2.75) is 13.0 Å². The number of rotatable bonds is 8. The summed E-state index contributed by atoms with van der Waals surface area (Å²) in [5.41, 5.74) is 0.895. The molecule has 1 aliphatic heterocycles. The van der Waals surface area contributed by atoms with E-state index in [1.165, 1.54) is 36.1 Å². The van der Waals surface area contributed by atoms with Crippen molar-refractivity contribution in [3.05, 3.63) is 121 Å². The monoisotopic (exact) mass is 562 g/mol. The van der Waals surface area contributed by atoms with Crippen molar-refractivity contribution in [3.8, 4) is 5.75 Å². The van der Waals surface area contributed by atoms with E-state index in [0.717, 1.165) is 11.3 Å². The van der Waals surface area contributed by atoms with E-state index in [4.69, 9.17) is 18.6 Å². The van der Waals surface area contributed by atoms with E-state index in [0.29, 0.717) is 16.1 Å². The fourth-order valence-corrected chi connectivity index (χ4v) is 5.23. The summed E-state index contributed by atoms with van der Waals surface area (Å²) < 4.78 is 36.8. The zero-order chi connectivity index (χ0) is 28.2. The maximum atomic E-state index is 14.3. The first-order chi connectivity index (χ1) is 19.4. The van der Waals surface area contributed by atoms with Crippen LogP contribution in [-0.4, -0.2) is 36.8 Å². The summed E-state index contributed by atoms with van der Waals surface area (Å²) in [4.78, 5) is 44.0. The lowest BCUT2D eigenvalue weighted by Gasteiger charge is -2.25. The summed E-state index contributed by atoms with van der Waals surface area (Å²) in [6.07, 6.45) is 2.83. The molecule has 0 N–H and O–H groups in total. The molecule has 2 aromatic heterocycles. The van der Waals surface area contributed by atoms with Gasteiger partial charge in [0.1, 0.15) is 18.2 Å². The topological polar surface area (TPSA) is 109 Å². The fraction of sp³-hybridized carbons (Fsp3) is 0.172. The Hall–Kier alpha value is -4.61. The van der Waals surface area contributed by atoms with Crippen molar-refractivity contribution in [3.63, 3.8) is 0 Å². The van der Waals surface area contributed by atoms with Crippen LogP contribution in [0, 0.1) is 5.82 Å². The minimum Gasteiger partial charge on any atom is -0.460 e. The van der Waals surface area contributed by atoms with Gasteiger partial charge in [-0.2, -0.15) is 0 Å². The molecular formula is C29H23FN2O7S. The molecule has 0 aliphatic carbocycles. The lowest BCUT2D eigenvalue weighted by Crippen LogP contribution is -2.40. The van der Waals surface area contributed by atoms with Gasteiger partial charge in [-0.1, -0.05) is 41.7 Å². The molecule has 2 aromatic carbocycles. The number of fused-ring (bicyclic) bond motifs is 1. The third kappa shape index (κ3) is 5.42. The highest BCUT2D eigenvalue weighted by atomic mass is 32.1. The Morgan fingerprint density at radius 3 is 2.55 bits per heavy atom. The van der Waals surface area contributed by atoms with Crippen molar-refractivity contribution in [2.24, 2.45) is 4.99 Å². The van der Waals surface area contributed by atoms with Gasteiger partial charge in [-0.3, -0.25) is 9.36 Å². The minimum absolute atomic E-state index is 0.0121. The van der Waals surface area contributed by atoms with Gasteiger partial charge in [-0.15, -0.1) is 0 Å². The molecule has 0 spiro atoms. The van der Waals surface area contributed by atoms with Gasteiger partial charge in [-0.05, 0) is 48.9 Å². The summed E-state index contributed by atoms with van der Waals surface area (Å²) in [6.45, 7) is 1.87. The second-order valence-electron chi connectivity index (χ2n) is 8.67. The molecule has 0 unspecified atom stereocenters. The van der Waals surface area contributed by atoms with E-state index >= 15 is 0 Å². The van der Waals surface area contributed by atoms with E-state index < -0.39 is 29.4 Å². The second kappa shape index (κ2) is 11.6. The maximum Gasteiger partial charge on any atom is 0.379 e. The van der Waals surface area contributed by atoms with E-state index in [9.17, 15) is 18.8 Å². The van der Waals surface area contributed by atoms with Crippen LogP contribution >= 0.6 is 11.3 Å². The molecule has 0 saturated carbocycles. The number of benzene rings is 2. The van der Waals surface area contributed by atoms with Crippen LogP contribution < -0.4 is 19.6 Å². The number of aromatic nitrogens is 1. The maximum absolute atomic E-state index is 14.3. The van der Waals surface area contributed by atoms with Crippen LogP contribution in [0.15, 0.2) is 92.4 Å². The van der Waals surface area contributed by atoms with Crippen LogP contribution in [0.25, 0.3) is 6.08 Å². The van der Waals surface area contributed by atoms with Gasteiger partial charge >= 0.3 is 11.9 Å². The summed E-state index contributed by atoms with van der Waals surface area (Å²) in [7, 11) is 1.49. The predicted molar refractivity (Wildman–Crippen MR) is 143 cm³/mol. The van der Waals surface area contributed by atoms with Gasteiger partial charge in [0.25, 0.3) is 5.56 Å². The normalized spacial score (nSPS) is 15.0. The number of methoxy groups -OCH3 is 1. The van der Waals surface area contributed by atoms with Crippen LogP contribution in [0.5, 0.6) is 5.75 Å². The molecule has 4 aromatic rings. The number of carbonyl (C=O) groups excluding carboxylic acids is 2. The molecule has 1 aliphatic rings. The Balaban J connectivity index is 1.58. The fourth-order valence-electron chi connectivity index (χ4n) is 4.20. The Labute approximate surface area is 231 Å². The van der Waals surface area contributed by atoms with E-state index in [1.54, 1.807) is 55.5 Å². The molecule has 3 heterocycles. The molecule has 1 atom stereocenters. The van der Waals surface area contributed by atoms with Crippen molar-refractivity contribution in [1.29, 1.82) is 0 Å². The van der Waals surface area contributed by atoms with Gasteiger partial charge in [0, 0.05) is 12.7 Å². The lowest BCUT2D eigenvalue weighted by atomic mass is 9.96. The number of hydrogen-bond donors (Lipinski definition) is 0. The first-order valence-electron chi connectivity index (χ1n) is 12.2. The number of ether oxygens (including phenoxy) is 3. The molecule has 0 fully saturated rings. The average Bonchev–Trinajstić information content (AvgIpc) is 3.59. The van der Waals surface area contributed by atoms with Crippen molar-refractivity contribution < 1.29 is 32.6 Å². The molecule has 0 radical (unpaired) electrons. The van der Waals surface area contributed by atoms with Gasteiger partial charge in [0.2, 0.25) is 5.76 Å². The number of esters is 2. The third-order valence-electron chi connectivity index (χ3n) is 6.08. The highest BCUT2D eigenvalue weighted by molar-refractivity contribution is 7.07. The first kappa shape index (κ1) is 27.0. The van der Waals surface area contributed by atoms with Crippen LogP contribution in [0.4, 0.5) is 4.39 Å². The number of thiazole rings is 1. The summed E-state index contributed by atoms with van der Waals surface area (Å²) in [5, 5.41) is 0. The zero-order valence-corrected chi connectivity index (χ0v) is 22.3. The van der Waals surface area contributed by atoms with E-state index in [1.807, 2.05) is 0 Å². The number of allylic oxidation sites excluding steroid dienone is 1. The van der Waals surface area contributed by atoms with Crippen molar-refractivity contribution in [1.82, 2.24) is 4.57 Å². The molecule has 40 heavy (non-hydrogen) atoms. The second-order valence-corrected chi connectivity index (χ2v) is 9.68. The van der Waals surface area contributed by atoms with Gasteiger partial charge in [0.15, 0.2) is 4.80 Å². The standard InChI is InChI=1S/C29H23FN2O7S/c1-17-24(28(35)38-15-14-36-2)25(18-9-11-20(12-10-18)39-27(34)22-8-5-13-37-22)32-26(33)23(40-29(32)31-17)16-19-6-3-4-7-21(19)30/h3-13,16,25H,14-15H2,1-2H3/b23-16-/t25-/m0/s1. The zero-order valence-electron chi connectivity index (χ0n) is 21.5. The molecule has 0 amide bonds. The Morgan fingerprint density at radius 1 is 1.07 bits per heavy atom. The van der Waals surface area contributed by atoms with Gasteiger partial charge in [-0.25, -0.2) is 19.0 Å². The smallest absolute Gasteiger partial charge is 0.379 e. The van der Waals surface area contributed by atoms with E-state index in [2.05, 4.69) is 4.99 Å². The number of hydrogen-bond acceptors (Lipinski definition) is 9. The largest absolute Gasteiger partial charge is 0.460 e. The van der Waals surface area contributed by atoms with Crippen LogP contribution in [0.1, 0.15) is 34.6 Å². The minimum atomic E-state index is -0.899. The molecular weight excluding hydrogens is 539 g/mol. The molecule has 5 rings (SSSR count). The average molecular weight is 563 g/mol. The summed E-state index contributed by atoms with van der Waals surface area (Å²) >= 11 is 1.09. The summed E-state index contributed by atoms with van der Waals surface area (Å²) in [6, 6.07) is 14.7. The molecule has 0 bridgehead atoms. The molecule has 204 valence electrons. The summed E-state index contributed by atoms with van der Waals surface area (Å²) in [5.74, 6) is -1.51.